The third-order valence-corrected chi connectivity index (χ3v) is 14.6. The van der Waals surface area contributed by atoms with Crippen molar-refractivity contribution >= 4 is 5.78 Å². The van der Waals surface area contributed by atoms with Gasteiger partial charge in [-0.2, -0.15) is 0 Å². The molecule has 0 aromatic heterocycles. The van der Waals surface area contributed by atoms with Crippen molar-refractivity contribution in [2.45, 2.75) is 110 Å². The normalized spacial score (nSPS) is 48.4. The second-order valence-electron chi connectivity index (χ2n) is 16.6. The molecule has 0 aromatic rings. The Labute approximate surface area is 269 Å². The number of carbonyl (C=O) groups is 1. The van der Waals surface area contributed by atoms with Gasteiger partial charge in [-0.05, 0) is 88.2 Å². The van der Waals surface area contributed by atoms with Crippen molar-refractivity contribution < 1.29 is 24.5 Å². The van der Waals surface area contributed by atoms with Crippen LogP contribution in [0.2, 0.25) is 0 Å². The van der Waals surface area contributed by atoms with E-state index in [9.17, 15) is 15.0 Å². The summed E-state index contributed by atoms with van der Waals surface area (Å²) >= 11 is 0. The predicted molar refractivity (Wildman–Crippen MR) is 175 cm³/mol. The second-order valence-corrected chi connectivity index (χ2v) is 16.6. The number of hydrogen-bond donors (Lipinski definition) is 2. The van der Waals surface area contributed by atoms with Gasteiger partial charge in [0, 0.05) is 33.5 Å². The van der Waals surface area contributed by atoms with E-state index in [0.717, 1.165) is 57.8 Å². The minimum Gasteiger partial charge on any atom is -0.389 e. The van der Waals surface area contributed by atoms with Gasteiger partial charge in [0.2, 0.25) is 0 Å². The Morgan fingerprint density at radius 3 is 1.84 bits per heavy atom. The van der Waals surface area contributed by atoms with Crippen molar-refractivity contribution in [3.8, 4) is 0 Å². The molecule has 1 heterocycles. The predicted octanol–water partition coefficient (Wildman–Crippen LogP) is 7.32. The van der Waals surface area contributed by atoms with E-state index in [2.05, 4.69) is 58.1 Å². The third-order valence-electron chi connectivity index (χ3n) is 14.6. The second kappa shape index (κ2) is 10.2. The Morgan fingerprint density at radius 1 is 0.689 bits per heavy atom. The van der Waals surface area contributed by atoms with Gasteiger partial charge >= 0.3 is 0 Å². The fourth-order valence-corrected chi connectivity index (χ4v) is 11.7. The summed E-state index contributed by atoms with van der Waals surface area (Å²) in [6, 6.07) is 0. The Kier molecular flexibility index (Phi) is 6.88. The fourth-order valence-electron chi connectivity index (χ4n) is 11.7. The first kappa shape index (κ1) is 30.3. The standard InChI is InChI=1S/C21H28O3.C19H24O2/c1-19-8-5-15(22)13-14(19)3-4-16-17(19)6-9-20(2)18(16)7-10-21(20)23-11-12-24-21;1-18-9-7-13(20)11-12(18)3-4-14-15-5-6-17(21)19(15,2)10-8-16(14)18/h5,7-8,10,14-15,18,22H,3-4,6,9,11-13H2,1-2H3;5-7,9,12-13,15,20H,3-4,8,10-11H2,1-2H3/t14?,15-,18?,19-,20-;12?,13-,15?,18-,19-/m00/s1. The van der Waals surface area contributed by atoms with Crippen LogP contribution in [0, 0.1) is 45.3 Å². The summed E-state index contributed by atoms with van der Waals surface area (Å²) in [5.41, 5.74) is 6.47. The van der Waals surface area contributed by atoms with Gasteiger partial charge in [0.05, 0.1) is 25.4 Å². The number of ketones is 1. The smallest absolute Gasteiger partial charge is 0.194 e. The van der Waals surface area contributed by atoms with Gasteiger partial charge in [-0.15, -0.1) is 0 Å². The molecule has 2 N–H and O–H groups in total. The molecule has 5 heteroatoms. The molecule has 9 aliphatic rings. The first-order valence-corrected chi connectivity index (χ1v) is 17.8. The zero-order chi connectivity index (χ0) is 31.4. The minimum atomic E-state index is -0.494. The van der Waals surface area contributed by atoms with Gasteiger partial charge in [-0.3, -0.25) is 4.79 Å². The van der Waals surface area contributed by atoms with Gasteiger partial charge in [0.15, 0.2) is 11.6 Å². The van der Waals surface area contributed by atoms with Crippen LogP contribution < -0.4 is 0 Å². The average molecular weight is 613 g/mol. The molecular formula is C40H52O5. The van der Waals surface area contributed by atoms with Gasteiger partial charge in [-0.1, -0.05) is 86.4 Å². The maximum atomic E-state index is 12.3. The first-order valence-electron chi connectivity index (χ1n) is 17.8. The summed E-state index contributed by atoms with van der Waals surface area (Å²) in [5.74, 6) is 1.73. The Balaban J connectivity index is 0.000000135. The summed E-state index contributed by atoms with van der Waals surface area (Å²) in [7, 11) is 0. The average Bonchev–Trinajstić information content (AvgIpc) is 3.71. The van der Waals surface area contributed by atoms with Crippen LogP contribution in [0.4, 0.5) is 0 Å². The number of carbonyl (C=O) groups excluding carboxylic acids is 1. The summed E-state index contributed by atoms with van der Waals surface area (Å²) in [4.78, 5) is 12.3. The van der Waals surface area contributed by atoms with Gasteiger partial charge in [0.25, 0.3) is 0 Å². The van der Waals surface area contributed by atoms with Crippen LogP contribution in [-0.2, 0) is 14.3 Å². The molecule has 0 saturated carbocycles. The van der Waals surface area contributed by atoms with Crippen LogP contribution in [0.3, 0.4) is 0 Å². The van der Waals surface area contributed by atoms with Crippen molar-refractivity contribution in [1.29, 1.82) is 0 Å². The highest BCUT2D eigenvalue weighted by molar-refractivity contribution is 5.98. The van der Waals surface area contributed by atoms with Gasteiger partial charge in [-0.25, -0.2) is 0 Å². The van der Waals surface area contributed by atoms with Crippen LogP contribution in [-0.4, -0.2) is 47.2 Å². The highest BCUT2D eigenvalue weighted by atomic mass is 16.7. The minimum absolute atomic E-state index is 0.0312. The highest BCUT2D eigenvalue weighted by Crippen LogP contribution is 2.65. The fraction of sp³-hybridized carbons (Fsp3) is 0.675. The van der Waals surface area contributed by atoms with Gasteiger partial charge in [0.1, 0.15) is 0 Å². The van der Waals surface area contributed by atoms with E-state index >= 15 is 0 Å². The number of ether oxygens (including phenoxy) is 2. The molecule has 0 amide bonds. The zero-order valence-corrected chi connectivity index (χ0v) is 27.7. The molecule has 1 fully saturated rings. The first-order chi connectivity index (χ1) is 21.4. The van der Waals surface area contributed by atoms with E-state index in [1.807, 2.05) is 18.2 Å². The monoisotopic (exact) mass is 612 g/mol. The Bertz CT molecular complexity index is 1470. The summed E-state index contributed by atoms with van der Waals surface area (Å²) in [5, 5.41) is 20.0. The molecule has 4 unspecified atom stereocenters. The summed E-state index contributed by atoms with van der Waals surface area (Å²) in [6.07, 6.45) is 27.2. The van der Waals surface area contributed by atoms with Crippen molar-refractivity contribution in [1.82, 2.24) is 0 Å². The van der Waals surface area contributed by atoms with Crippen molar-refractivity contribution in [2.75, 3.05) is 13.2 Å². The molecule has 1 saturated heterocycles. The number of aliphatic hydroxyl groups excluding tert-OH is 2. The van der Waals surface area contributed by atoms with Crippen molar-refractivity contribution in [3.63, 3.8) is 0 Å². The van der Waals surface area contributed by atoms with Crippen molar-refractivity contribution in [3.05, 3.63) is 70.9 Å². The van der Waals surface area contributed by atoms with Gasteiger partial charge < -0.3 is 19.7 Å². The molecule has 9 rings (SSSR count). The van der Waals surface area contributed by atoms with E-state index in [1.165, 1.54) is 12.0 Å². The van der Waals surface area contributed by atoms with Crippen LogP contribution in [0.15, 0.2) is 70.9 Å². The van der Waals surface area contributed by atoms with Crippen LogP contribution in [0.1, 0.15) is 91.9 Å². The van der Waals surface area contributed by atoms with E-state index in [4.69, 9.17) is 9.47 Å². The van der Waals surface area contributed by atoms with E-state index < -0.39 is 5.79 Å². The molecule has 0 aromatic carbocycles. The van der Waals surface area contributed by atoms with E-state index in [0.29, 0.717) is 42.7 Å². The molecule has 1 aliphatic heterocycles. The molecule has 242 valence electrons. The maximum absolute atomic E-state index is 12.3. The molecule has 1 spiro atoms. The molecular weight excluding hydrogens is 560 g/mol. The Hall–Kier alpha value is -2.05. The quantitative estimate of drug-likeness (QED) is 0.280. The van der Waals surface area contributed by atoms with Crippen LogP contribution in [0.25, 0.3) is 0 Å². The number of hydrogen-bond acceptors (Lipinski definition) is 5. The lowest BCUT2D eigenvalue weighted by molar-refractivity contribution is -0.201. The molecule has 5 nitrogen and oxygen atoms in total. The molecule has 10 atom stereocenters. The summed E-state index contributed by atoms with van der Waals surface area (Å²) < 4.78 is 12.2. The van der Waals surface area contributed by atoms with E-state index in [1.54, 1.807) is 16.7 Å². The molecule has 45 heavy (non-hydrogen) atoms. The lowest BCUT2D eigenvalue weighted by Crippen LogP contribution is -2.50. The van der Waals surface area contributed by atoms with E-state index in [-0.39, 0.29) is 33.9 Å². The highest BCUT2D eigenvalue weighted by Gasteiger charge is 2.62. The third kappa shape index (κ3) is 4.15. The maximum Gasteiger partial charge on any atom is 0.194 e. The number of rotatable bonds is 0. The SMILES string of the molecule is C[C@]12C=C[C@H](O)CC1CCC1=C2CC[C@]2(C)C(=O)C=CC12.C[C@]12CCC3=C(CCC4C[C@@H](O)C=C[C@]34C)C1C=CC21OCCO1. The molecule has 8 aliphatic carbocycles. The molecule has 0 radical (unpaired) electrons. The number of fused-ring (bicyclic) bond motifs is 9. The largest absolute Gasteiger partial charge is 0.389 e. The van der Waals surface area contributed by atoms with Crippen LogP contribution in [0.5, 0.6) is 0 Å². The lowest BCUT2D eigenvalue weighted by Gasteiger charge is -2.53. The lowest BCUT2D eigenvalue weighted by atomic mass is 9.52. The summed E-state index contributed by atoms with van der Waals surface area (Å²) in [6.45, 7) is 10.7. The zero-order valence-electron chi connectivity index (χ0n) is 27.7. The topological polar surface area (TPSA) is 76.0 Å². The van der Waals surface area contributed by atoms with Crippen LogP contribution >= 0.6 is 0 Å². The van der Waals surface area contributed by atoms with Crippen molar-refractivity contribution in [2.24, 2.45) is 45.3 Å². The Morgan fingerprint density at radius 2 is 1.24 bits per heavy atom. The number of aliphatic hydroxyl groups is 2. The number of allylic oxidation sites excluding steroid dienone is 9. The molecule has 0 bridgehead atoms.